The zero-order valence-electron chi connectivity index (χ0n) is 7.74. The molecule has 0 atom stereocenters. The van der Waals surface area contributed by atoms with Crippen LogP contribution in [0, 0.1) is 0 Å². The van der Waals surface area contributed by atoms with Gasteiger partial charge in [-0.3, -0.25) is 4.98 Å². The molecular weight excluding hydrogens is 287 g/mol. The number of rotatable bonds is 1. The molecule has 0 fully saturated rings. The van der Waals surface area contributed by atoms with Gasteiger partial charge in [0.2, 0.25) is 0 Å². The van der Waals surface area contributed by atoms with Crippen molar-refractivity contribution in [1.29, 1.82) is 0 Å². The highest BCUT2D eigenvalue weighted by Crippen LogP contribution is 2.35. The fourth-order valence-corrected chi connectivity index (χ4v) is 1.75. The number of hydrogen-bond donors (Lipinski definition) is 0. The summed E-state index contributed by atoms with van der Waals surface area (Å²) >= 11 is 2.83. The lowest BCUT2D eigenvalue weighted by molar-refractivity contribution is -0.143. The van der Waals surface area contributed by atoms with Crippen LogP contribution in [0.15, 0.2) is 35.2 Å². The molecule has 2 rings (SSSR count). The maximum Gasteiger partial charge on any atom is 0.434 e. The minimum Gasteiger partial charge on any atom is -0.265 e. The second-order valence-corrected chi connectivity index (χ2v) is 3.81. The third kappa shape index (κ3) is 1.95. The van der Waals surface area contributed by atoms with Crippen LogP contribution in [0.5, 0.6) is 0 Å². The third-order valence-electron chi connectivity index (χ3n) is 1.90. The SMILES string of the molecule is FC(F)(F)c1c(Br)cnn1-c1ccncc1. The highest BCUT2D eigenvalue weighted by Gasteiger charge is 2.38. The number of hydrogen-bond acceptors (Lipinski definition) is 2. The molecule has 0 bridgehead atoms. The Morgan fingerprint density at radius 1 is 1.19 bits per heavy atom. The first-order valence-electron chi connectivity index (χ1n) is 4.21. The van der Waals surface area contributed by atoms with E-state index in [1.54, 1.807) is 0 Å². The van der Waals surface area contributed by atoms with Gasteiger partial charge in [0, 0.05) is 12.4 Å². The van der Waals surface area contributed by atoms with Gasteiger partial charge < -0.3 is 0 Å². The van der Waals surface area contributed by atoms with Gasteiger partial charge >= 0.3 is 6.18 Å². The topological polar surface area (TPSA) is 30.7 Å². The van der Waals surface area contributed by atoms with Crippen molar-refractivity contribution in [2.45, 2.75) is 6.18 Å². The molecule has 2 aromatic heterocycles. The van der Waals surface area contributed by atoms with Crippen LogP contribution in [0.2, 0.25) is 0 Å². The average Bonchev–Trinajstić information content (AvgIpc) is 2.61. The summed E-state index contributed by atoms with van der Waals surface area (Å²) in [6.45, 7) is 0. The molecule has 0 N–H and O–H groups in total. The molecule has 0 aromatic carbocycles. The largest absolute Gasteiger partial charge is 0.434 e. The molecule has 16 heavy (non-hydrogen) atoms. The fourth-order valence-electron chi connectivity index (χ4n) is 1.26. The first-order chi connectivity index (χ1) is 7.50. The van der Waals surface area contributed by atoms with E-state index in [0.717, 1.165) is 10.9 Å². The van der Waals surface area contributed by atoms with E-state index in [9.17, 15) is 13.2 Å². The molecule has 0 aliphatic rings. The van der Waals surface area contributed by atoms with E-state index < -0.39 is 11.9 Å². The number of aromatic nitrogens is 3. The Morgan fingerprint density at radius 2 is 1.81 bits per heavy atom. The Bertz CT molecular complexity index is 492. The Hall–Kier alpha value is -1.37. The molecule has 0 unspecified atom stereocenters. The predicted octanol–water partition coefficient (Wildman–Crippen LogP) is 3.05. The molecule has 3 nitrogen and oxygen atoms in total. The van der Waals surface area contributed by atoms with Crippen LogP contribution >= 0.6 is 15.9 Å². The summed E-state index contributed by atoms with van der Waals surface area (Å²) in [6, 6.07) is 2.91. The normalized spacial score (nSPS) is 11.8. The minimum absolute atomic E-state index is 0.0863. The molecule has 84 valence electrons. The van der Waals surface area contributed by atoms with E-state index >= 15 is 0 Å². The number of halogens is 4. The monoisotopic (exact) mass is 291 g/mol. The standard InChI is InChI=1S/C9H5BrF3N3/c10-7-5-15-16(8(7)9(11,12)13)6-1-3-14-4-2-6/h1-5H. The summed E-state index contributed by atoms with van der Waals surface area (Å²) in [5.74, 6) is 0. The van der Waals surface area contributed by atoms with Gasteiger partial charge in [-0.1, -0.05) is 0 Å². The fraction of sp³-hybridized carbons (Fsp3) is 0.111. The van der Waals surface area contributed by atoms with Crippen LogP contribution in [0.4, 0.5) is 13.2 Å². The Kier molecular flexibility index (Phi) is 2.71. The second kappa shape index (κ2) is 3.89. The van der Waals surface area contributed by atoms with Crippen LogP contribution in [-0.2, 0) is 6.18 Å². The van der Waals surface area contributed by atoms with Gasteiger partial charge in [0.15, 0.2) is 5.69 Å². The van der Waals surface area contributed by atoms with Crippen molar-refractivity contribution in [3.8, 4) is 5.69 Å². The van der Waals surface area contributed by atoms with E-state index in [0.29, 0.717) is 5.69 Å². The van der Waals surface area contributed by atoms with E-state index in [4.69, 9.17) is 0 Å². The van der Waals surface area contributed by atoms with Crippen molar-refractivity contribution in [1.82, 2.24) is 14.8 Å². The van der Waals surface area contributed by atoms with Crippen molar-refractivity contribution in [3.05, 3.63) is 40.9 Å². The molecule has 2 heterocycles. The molecule has 2 aromatic rings. The van der Waals surface area contributed by atoms with Crippen molar-refractivity contribution in [2.24, 2.45) is 0 Å². The van der Waals surface area contributed by atoms with E-state index in [-0.39, 0.29) is 4.47 Å². The van der Waals surface area contributed by atoms with Gasteiger partial charge in [-0.05, 0) is 28.1 Å². The number of nitrogens with zero attached hydrogens (tertiary/aromatic N) is 3. The zero-order chi connectivity index (χ0) is 11.8. The van der Waals surface area contributed by atoms with Crippen molar-refractivity contribution in [2.75, 3.05) is 0 Å². The van der Waals surface area contributed by atoms with E-state index in [2.05, 4.69) is 26.0 Å². The maximum atomic E-state index is 12.7. The summed E-state index contributed by atoms with van der Waals surface area (Å²) in [5.41, 5.74) is -0.522. The lowest BCUT2D eigenvalue weighted by Crippen LogP contribution is -2.13. The Labute approximate surface area is 97.0 Å². The molecule has 0 aliphatic heterocycles. The lowest BCUT2D eigenvalue weighted by Gasteiger charge is -2.10. The summed E-state index contributed by atoms with van der Waals surface area (Å²) < 4.78 is 38.9. The highest BCUT2D eigenvalue weighted by atomic mass is 79.9. The lowest BCUT2D eigenvalue weighted by atomic mass is 10.3. The maximum absolute atomic E-state index is 12.7. The number of alkyl halides is 3. The molecule has 0 saturated heterocycles. The van der Waals surface area contributed by atoms with Crippen LogP contribution in [-0.4, -0.2) is 14.8 Å². The molecule has 0 spiro atoms. The van der Waals surface area contributed by atoms with Gasteiger partial charge in [-0.15, -0.1) is 0 Å². The van der Waals surface area contributed by atoms with Crippen molar-refractivity contribution >= 4 is 15.9 Å². The smallest absolute Gasteiger partial charge is 0.265 e. The molecule has 0 radical (unpaired) electrons. The van der Waals surface area contributed by atoms with Crippen molar-refractivity contribution < 1.29 is 13.2 Å². The highest BCUT2D eigenvalue weighted by molar-refractivity contribution is 9.10. The molecule has 7 heteroatoms. The summed E-state index contributed by atoms with van der Waals surface area (Å²) in [5, 5.41) is 3.67. The minimum atomic E-state index is -4.46. The first kappa shape index (κ1) is 11.1. The van der Waals surface area contributed by atoms with Gasteiger partial charge in [-0.2, -0.15) is 18.3 Å². The van der Waals surface area contributed by atoms with Crippen LogP contribution in [0.1, 0.15) is 5.69 Å². The van der Waals surface area contributed by atoms with E-state index in [1.165, 1.54) is 24.5 Å². The molecule has 0 saturated carbocycles. The van der Waals surface area contributed by atoms with Crippen LogP contribution in [0.25, 0.3) is 5.69 Å². The zero-order valence-corrected chi connectivity index (χ0v) is 9.33. The molecule has 0 aliphatic carbocycles. The number of pyridine rings is 1. The van der Waals surface area contributed by atoms with Crippen LogP contribution in [0.3, 0.4) is 0 Å². The van der Waals surface area contributed by atoms with Gasteiger partial charge in [0.25, 0.3) is 0 Å². The molecular formula is C9H5BrF3N3. The Balaban J connectivity index is 2.60. The van der Waals surface area contributed by atoms with E-state index in [1.807, 2.05) is 0 Å². The molecule has 0 amide bonds. The first-order valence-corrected chi connectivity index (χ1v) is 5.00. The van der Waals surface area contributed by atoms with Gasteiger partial charge in [0.05, 0.1) is 16.4 Å². The van der Waals surface area contributed by atoms with Gasteiger partial charge in [-0.25, -0.2) is 4.68 Å². The summed E-state index contributed by atoms with van der Waals surface area (Å²) in [6.07, 6.45) is -0.530. The Morgan fingerprint density at radius 3 is 2.38 bits per heavy atom. The van der Waals surface area contributed by atoms with Crippen LogP contribution < -0.4 is 0 Å². The predicted molar refractivity (Wildman–Crippen MR) is 54.1 cm³/mol. The summed E-state index contributed by atoms with van der Waals surface area (Å²) in [4.78, 5) is 3.74. The third-order valence-corrected chi connectivity index (χ3v) is 2.48. The van der Waals surface area contributed by atoms with Gasteiger partial charge in [0.1, 0.15) is 0 Å². The quantitative estimate of drug-likeness (QED) is 0.808. The second-order valence-electron chi connectivity index (χ2n) is 2.96. The average molecular weight is 292 g/mol. The summed E-state index contributed by atoms with van der Waals surface area (Å²) in [7, 11) is 0. The van der Waals surface area contributed by atoms with Crippen molar-refractivity contribution in [3.63, 3.8) is 0 Å².